The predicted molar refractivity (Wildman–Crippen MR) is 113 cm³/mol. The minimum absolute atomic E-state index is 0.0189. The summed E-state index contributed by atoms with van der Waals surface area (Å²) < 4.78 is 7.29. The van der Waals surface area contributed by atoms with Crippen molar-refractivity contribution in [2.24, 2.45) is 7.05 Å². The number of nitrogens with zero attached hydrogens (tertiary/aromatic N) is 2. The van der Waals surface area contributed by atoms with Gasteiger partial charge in [0.2, 0.25) is 0 Å². The number of benzene rings is 1. The van der Waals surface area contributed by atoms with Gasteiger partial charge in [0, 0.05) is 29.2 Å². The number of thiocarbonyl (C=S) groups is 1. The van der Waals surface area contributed by atoms with Crippen LogP contribution in [0.15, 0.2) is 23.1 Å². The highest BCUT2D eigenvalue weighted by Gasteiger charge is 2.41. The lowest BCUT2D eigenvalue weighted by Crippen LogP contribution is -2.45. The molecule has 1 atom stereocenters. The number of thioether (sulfide) groups is 1. The van der Waals surface area contributed by atoms with E-state index in [1.165, 1.54) is 0 Å². The van der Waals surface area contributed by atoms with Crippen LogP contribution >= 0.6 is 24.0 Å². The van der Waals surface area contributed by atoms with Crippen LogP contribution in [0, 0.1) is 6.92 Å². The highest BCUT2D eigenvalue weighted by atomic mass is 32.2. The summed E-state index contributed by atoms with van der Waals surface area (Å²) in [4.78, 5) is 36.5. The molecule has 10 heteroatoms. The molecular weight excluding hydrogens is 416 g/mol. The zero-order chi connectivity index (χ0) is 21.5. The summed E-state index contributed by atoms with van der Waals surface area (Å²) in [5.74, 6) is -2.70. The Bertz CT molecular complexity index is 1090. The highest BCUT2D eigenvalue weighted by Crippen LogP contribution is 2.37. The third kappa shape index (κ3) is 3.73. The zero-order valence-corrected chi connectivity index (χ0v) is 17.5. The quantitative estimate of drug-likeness (QED) is 0.528. The number of aryl methyl sites for hydroxylation is 1. The van der Waals surface area contributed by atoms with E-state index >= 15 is 0 Å². The molecule has 1 amide bonds. The van der Waals surface area contributed by atoms with Crippen molar-refractivity contribution in [3.05, 3.63) is 34.4 Å². The van der Waals surface area contributed by atoms with Crippen LogP contribution in [0.4, 0.5) is 0 Å². The number of aliphatic carboxylic acids is 2. The number of methoxy groups -OCH3 is 1. The van der Waals surface area contributed by atoms with Crippen molar-refractivity contribution in [2.45, 2.75) is 19.4 Å². The molecule has 29 heavy (non-hydrogen) atoms. The molecule has 1 aromatic carbocycles. The van der Waals surface area contributed by atoms with E-state index in [1.807, 2.05) is 36.7 Å². The lowest BCUT2D eigenvalue weighted by Gasteiger charge is -2.21. The molecule has 0 spiro atoms. The van der Waals surface area contributed by atoms with Crippen LogP contribution in [0.5, 0.6) is 5.75 Å². The van der Waals surface area contributed by atoms with Crippen molar-refractivity contribution in [1.29, 1.82) is 0 Å². The van der Waals surface area contributed by atoms with E-state index in [0.29, 0.717) is 5.75 Å². The van der Waals surface area contributed by atoms with Crippen LogP contribution in [0.1, 0.15) is 17.7 Å². The summed E-state index contributed by atoms with van der Waals surface area (Å²) in [6, 6.07) is 4.06. The van der Waals surface area contributed by atoms with Crippen molar-refractivity contribution < 1.29 is 29.3 Å². The first kappa shape index (κ1) is 20.9. The molecule has 2 heterocycles. The van der Waals surface area contributed by atoms with Crippen molar-refractivity contribution in [2.75, 3.05) is 7.11 Å². The maximum Gasteiger partial charge on any atom is 0.327 e. The number of carboxylic acids is 2. The molecule has 1 aromatic heterocycles. The number of fused-ring (bicyclic) bond motifs is 1. The largest absolute Gasteiger partial charge is 0.497 e. The Morgan fingerprint density at radius 2 is 2.03 bits per heavy atom. The standard InChI is InChI=1S/C19H18N2O6S2/c1-9-11(12-6-10(27-3)4-5-13(12)20(9)2)7-15-17(24)21(19(28)29-15)14(18(25)26)8-16(22)23/h4-7,14H,8H2,1-3H3,(H,22,23)(H,25,26). The molecular formula is C19H18N2O6S2. The van der Waals surface area contributed by atoms with Gasteiger partial charge in [0.15, 0.2) is 0 Å². The first-order valence-corrected chi connectivity index (χ1v) is 9.72. The predicted octanol–water partition coefficient (Wildman–Crippen LogP) is 2.62. The molecule has 152 valence electrons. The maximum absolute atomic E-state index is 12.9. The molecule has 8 nitrogen and oxygen atoms in total. The van der Waals surface area contributed by atoms with Crippen LogP contribution in [-0.4, -0.2) is 55.0 Å². The van der Waals surface area contributed by atoms with E-state index in [9.17, 15) is 19.5 Å². The fourth-order valence-corrected chi connectivity index (χ4v) is 4.56. The van der Waals surface area contributed by atoms with Gasteiger partial charge in [-0.2, -0.15) is 0 Å². The van der Waals surface area contributed by atoms with E-state index in [-0.39, 0.29) is 9.23 Å². The third-order valence-electron chi connectivity index (χ3n) is 4.81. The lowest BCUT2D eigenvalue weighted by atomic mass is 10.1. The van der Waals surface area contributed by atoms with Gasteiger partial charge in [-0.05, 0) is 31.2 Å². The van der Waals surface area contributed by atoms with Crippen LogP contribution in [0.2, 0.25) is 0 Å². The summed E-state index contributed by atoms with van der Waals surface area (Å²) in [6.45, 7) is 1.91. The van der Waals surface area contributed by atoms with E-state index in [2.05, 4.69) is 0 Å². The molecule has 1 fully saturated rings. The minimum Gasteiger partial charge on any atom is -0.497 e. The Labute approximate surface area is 175 Å². The first-order chi connectivity index (χ1) is 13.6. The van der Waals surface area contributed by atoms with Gasteiger partial charge in [-0.25, -0.2) is 4.79 Å². The average Bonchev–Trinajstić information content (AvgIpc) is 3.07. The van der Waals surface area contributed by atoms with E-state index in [4.69, 9.17) is 22.1 Å². The second kappa shape index (κ2) is 7.88. The van der Waals surface area contributed by atoms with Gasteiger partial charge in [-0.1, -0.05) is 24.0 Å². The SMILES string of the molecule is COc1ccc2c(c1)c(C=C1SC(=S)N(C(CC(=O)O)C(=O)O)C1=O)c(C)n2C. The second-order valence-electron chi connectivity index (χ2n) is 6.44. The van der Waals surface area contributed by atoms with Crippen molar-refractivity contribution in [1.82, 2.24) is 9.47 Å². The fourth-order valence-electron chi connectivity index (χ4n) is 3.22. The van der Waals surface area contributed by atoms with Gasteiger partial charge in [0.05, 0.1) is 18.4 Å². The molecule has 1 saturated heterocycles. The summed E-state index contributed by atoms with van der Waals surface area (Å²) in [6.07, 6.45) is 0.926. The maximum atomic E-state index is 12.9. The first-order valence-electron chi connectivity index (χ1n) is 8.50. The fraction of sp³-hybridized carbons (Fsp3) is 0.263. The summed E-state index contributed by atoms with van der Waals surface area (Å²) in [5, 5.41) is 19.2. The number of amides is 1. The molecule has 2 N–H and O–H groups in total. The molecule has 1 aliphatic heterocycles. The van der Waals surface area contributed by atoms with Gasteiger partial charge >= 0.3 is 11.9 Å². The van der Waals surface area contributed by atoms with Crippen molar-refractivity contribution in [3.63, 3.8) is 0 Å². The molecule has 2 aromatic rings. The second-order valence-corrected chi connectivity index (χ2v) is 8.12. The molecule has 3 rings (SSSR count). The Kier molecular flexibility index (Phi) is 5.67. The number of hydrogen-bond donors (Lipinski definition) is 2. The van der Waals surface area contributed by atoms with Crippen LogP contribution in [-0.2, 0) is 21.4 Å². The average molecular weight is 434 g/mol. The Balaban J connectivity index is 2.07. The number of carbonyl (C=O) groups excluding carboxylic acids is 1. The molecule has 1 aliphatic rings. The third-order valence-corrected chi connectivity index (χ3v) is 6.14. The van der Waals surface area contributed by atoms with Gasteiger partial charge in [-0.15, -0.1) is 0 Å². The summed E-state index contributed by atoms with van der Waals surface area (Å²) in [5.41, 5.74) is 2.63. The van der Waals surface area contributed by atoms with Gasteiger partial charge < -0.3 is 19.5 Å². The Morgan fingerprint density at radius 3 is 2.62 bits per heavy atom. The minimum atomic E-state index is -1.56. The monoisotopic (exact) mass is 434 g/mol. The highest BCUT2D eigenvalue weighted by molar-refractivity contribution is 8.26. The number of rotatable bonds is 6. The number of ether oxygens (including phenoxy) is 1. The van der Waals surface area contributed by atoms with E-state index in [1.54, 1.807) is 13.2 Å². The smallest absolute Gasteiger partial charge is 0.327 e. The molecule has 0 bridgehead atoms. The molecule has 0 saturated carbocycles. The molecule has 0 aliphatic carbocycles. The number of carbonyl (C=O) groups is 3. The van der Waals surface area contributed by atoms with Gasteiger partial charge in [0.25, 0.3) is 5.91 Å². The van der Waals surface area contributed by atoms with E-state index < -0.39 is 30.3 Å². The van der Waals surface area contributed by atoms with Crippen LogP contribution in [0.3, 0.4) is 0 Å². The van der Waals surface area contributed by atoms with Crippen molar-refractivity contribution in [3.8, 4) is 5.75 Å². The molecule has 1 unspecified atom stereocenters. The number of aromatic nitrogens is 1. The number of carboxylic acid groups (broad SMARTS) is 2. The normalized spacial score (nSPS) is 16.7. The topological polar surface area (TPSA) is 109 Å². The Hall–Kier alpha value is -2.85. The zero-order valence-electron chi connectivity index (χ0n) is 15.8. The van der Waals surface area contributed by atoms with Crippen LogP contribution < -0.4 is 4.74 Å². The van der Waals surface area contributed by atoms with Crippen molar-refractivity contribution >= 4 is 63.1 Å². The Morgan fingerprint density at radius 1 is 1.34 bits per heavy atom. The van der Waals surface area contributed by atoms with E-state index in [0.717, 1.165) is 38.8 Å². The van der Waals surface area contributed by atoms with Gasteiger partial charge in [-0.3, -0.25) is 14.5 Å². The summed E-state index contributed by atoms with van der Waals surface area (Å²) >= 11 is 6.14. The van der Waals surface area contributed by atoms with Crippen LogP contribution in [0.25, 0.3) is 17.0 Å². The summed E-state index contributed by atoms with van der Waals surface area (Å²) in [7, 11) is 3.47. The molecule has 0 radical (unpaired) electrons. The lowest BCUT2D eigenvalue weighted by molar-refractivity contribution is -0.150. The van der Waals surface area contributed by atoms with Gasteiger partial charge in [0.1, 0.15) is 16.1 Å². The number of hydrogen-bond acceptors (Lipinski definition) is 6.